The first-order valence-corrected chi connectivity index (χ1v) is 8.41. The summed E-state index contributed by atoms with van der Waals surface area (Å²) in [7, 11) is 0. The lowest BCUT2D eigenvalue weighted by Crippen LogP contribution is -2.27. The van der Waals surface area contributed by atoms with Crippen LogP contribution < -0.4 is 10.6 Å². The molecule has 0 radical (unpaired) electrons. The summed E-state index contributed by atoms with van der Waals surface area (Å²) in [4.78, 5) is 6.70. The maximum atomic E-state index is 10.3. The molecule has 2 heterocycles. The molecule has 21 heavy (non-hydrogen) atoms. The molecule has 0 spiro atoms. The second-order valence-electron chi connectivity index (χ2n) is 6.39. The van der Waals surface area contributed by atoms with Crippen molar-refractivity contribution in [1.29, 1.82) is 0 Å². The Balaban J connectivity index is 1.79. The van der Waals surface area contributed by atoms with E-state index in [1.54, 1.807) is 4.68 Å². The van der Waals surface area contributed by atoms with Crippen molar-refractivity contribution in [3.63, 3.8) is 0 Å². The Labute approximate surface area is 126 Å². The van der Waals surface area contributed by atoms with Gasteiger partial charge in [0.05, 0.1) is 12.1 Å². The topological polar surface area (TPSA) is 80.2 Å². The Morgan fingerprint density at radius 3 is 2.38 bits per heavy atom. The predicted octanol–water partition coefficient (Wildman–Crippen LogP) is 2.11. The van der Waals surface area contributed by atoms with Crippen LogP contribution in [0.25, 0.3) is 0 Å². The molecule has 1 aliphatic heterocycles. The second-order valence-corrected chi connectivity index (χ2v) is 6.39. The molecule has 2 unspecified atom stereocenters. The van der Waals surface area contributed by atoms with Gasteiger partial charge in [-0.15, -0.1) is 5.10 Å². The van der Waals surface area contributed by atoms with Crippen molar-refractivity contribution in [3.8, 4) is 0 Å². The van der Waals surface area contributed by atoms with Crippen LogP contribution in [0.3, 0.4) is 0 Å². The highest BCUT2D eigenvalue weighted by Crippen LogP contribution is 2.29. The molecule has 0 aromatic carbocycles. The summed E-state index contributed by atoms with van der Waals surface area (Å²) in [6, 6.07) is -0.0132. The van der Waals surface area contributed by atoms with Crippen molar-refractivity contribution >= 4 is 11.9 Å². The molecule has 0 bridgehead atoms. The van der Waals surface area contributed by atoms with Crippen LogP contribution in [0, 0.1) is 0 Å². The third-order valence-electron chi connectivity index (χ3n) is 4.79. The van der Waals surface area contributed by atoms with Gasteiger partial charge in [-0.25, -0.2) is 4.68 Å². The monoisotopic (exact) mass is 293 g/mol. The van der Waals surface area contributed by atoms with Crippen LogP contribution in [0.2, 0.25) is 0 Å². The van der Waals surface area contributed by atoms with E-state index in [2.05, 4.69) is 15.0 Å². The van der Waals surface area contributed by atoms with Crippen LogP contribution in [-0.2, 0) is 0 Å². The van der Waals surface area contributed by atoms with Gasteiger partial charge in [-0.2, -0.15) is 4.98 Å². The van der Waals surface area contributed by atoms with Crippen LogP contribution in [0.15, 0.2) is 0 Å². The van der Waals surface area contributed by atoms with E-state index in [0.29, 0.717) is 5.95 Å². The molecule has 2 aliphatic rings. The van der Waals surface area contributed by atoms with Crippen molar-refractivity contribution in [2.75, 3.05) is 23.7 Å². The third-order valence-corrected chi connectivity index (χ3v) is 4.79. The maximum Gasteiger partial charge on any atom is 0.246 e. The number of nitrogens with zero attached hydrogens (tertiary/aromatic N) is 4. The van der Waals surface area contributed by atoms with Gasteiger partial charge in [0.2, 0.25) is 11.9 Å². The van der Waals surface area contributed by atoms with Gasteiger partial charge in [0.1, 0.15) is 0 Å². The molecule has 3 N–H and O–H groups in total. The second kappa shape index (κ2) is 6.64. The maximum absolute atomic E-state index is 10.3. The largest absolute Gasteiger partial charge is 0.391 e. The standard InChI is InChI=1S/C15H27N5O/c16-14-17-15(19-10-6-1-2-7-11-19)18-20(14)12-8-4-3-5-9-13(12)21/h12-13,21H,1-11H2,(H2,16,17,18). The first kappa shape index (κ1) is 14.6. The molecular formula is C15H27N5O. The number of hydrogen-bond acceptors (Lipinski definition) is 5. The highest BCUT2D eigenvalue weighted by Gasteiger charge is 2.27. The van der Waals surface area contributed by atoms with E-state index in [4.69, 9.17) is 5.73 Å². The number of anilines is 2. The lowest BCUT2D eigenvalue weighted by molar-refractivity contribution is 0.100. The summed E-state index contributed by atoms with van der Waals surface area (Å²) in [5.41, 5.74) is 6.08. The molecule has 1 saturated heterocycles. The molecular weight excluding hydrogens is 266 g/mol. The fourth-order valence-corrected chi connectivity index (χ4v) is 3.53. The minimum Gasteiger partial charge on any atom is -0.391 e. The summed E-state index contributed by atoms with van der Waals surface area (Å²) in [5.74, 6) is 1.19. The molecule has 0 amide bonds. The summed E-state index contributed by atoms with van der Waals surface area (Å²) < 4.78 is 1.77. The Morgan fingerprint density at radius 2 is 1.62 bits per heavy atom. The summed E-state index contributed by atoms with van der Waals surface area (Å²) in [5, 5.41) is 15.0. The van der Waals surface area contributed by atoms with Crippen LogP contribution in [-0.4, -0.2) is 39.1 Å². The van der Waals surface area contributed by atoms with E-state index in [1.165, 1.54) is 32.1 Å². The van der Waals surface area contributed by atoms with E-state index >= 15 is 0 Å². The zero-order chi connectivity index (χ0) is 14.7. The molecule has 1 aromatic heterocycles. The lowest BCUT2D eigenvalue weighted by Gasteiger charge is -2.21. The molecule has 2 fully saturated rings. The first-order valence-electron chi connectivity index (χ1n) is 8.41. The minimum absolute atomic E-state index is 0.0132. The average Bonchev–Trinajstić information content (AvgIpc) is 2.69. The molecule has 1 aromatic rings. The quantitative estimate of drug-likeness (QED) is 0.816. The van der Waals surface area contributed by atoms with E-state index in [0.717, 1.165) is 44.7 Å². The molecule has 118 valence electrons. The zero-order valence-corrected chi connectivity index (χ0v) is 12.7. The van der Waals surface area contributed by atoms with E-state index in [1.807, 2.05) is 0 Å². The Kier molecular flexibility index (Phi) is 4.63. The van der Waals surface area contributed by atoms with Crippen LogP contribution >= 0.6 is 0 Å². The van der Waals surface area contributed by atoms with Crippen LogP contribution in [0.5, 0.6) is 0 Å². The summed E-state index contributed by atoms with van der Waals surface area (Å²) in [6.07, 6.45) is 9.78. The van der Waals surface area contributed by atoms with E-state index < -0.39 is 0 Å². The number of nitrogen functional groups attached to an aromatic ring is 1. The van der Waals surface area contributed by atoms with Gasteiger partial charge in [0.15, 0.2) is 0 Å². The highest BCUT2D eigenvalue weighted by atomic mass is 16.3. The smallest absolute Gasteiger partial charge is 0.246 e. The molecule has 6 nitrogen and oxygen atoms in total. The Bertz CT molecular complexity index is 453. The molecule has 3 rings (SSSR count). The van der Waals surface area contributed by atoms with Gasteiger partial charge in [-0.1, -0.05) is 32.1 Å². The number of hydrogen-bond donors (Lipinski definition) is 2. The highest BCUT2D eigenvalue weighted by molar-refractivity contribution is 5.35. The first-order chi connectivity index (χ1) is 10.3. The van der Waals surface area contributed by atoms with Gasteiger partial charge >= 0.3 is 0 Å². The van der Waals surface area contributed by atoms with Crippen molar-refractivity contribution in [1.82, 2.24) is 14.8 Å². The van der Waals surface area contributed by atoms with Gasteiger partial charge in [-0.05, 0) is 25.7 Å². The van der Waals surface area contributed by atoms with Gasteiger partial charge < -0.3 is 15.7 Å². The van der Waals surface area contributed by atoms with E-state index in [9.17, 15) is 5.11 Å². The molecule has 6 heteroatoms. The number of aliphatic hydroxyl groups excluding tert-OH is 1. The van der Waals surface area contributed by atoms with Gasteiger partial charge in [0.25, 0.3) is 0 Å². The summed E-state index contributed by atoms with van der Waals surface area (Å²) >= 11 is 0. The Hall–Kier alpha value is -1.30. The predicted molar refractivity (Wildman–Crippen MR) is 83.2 cm³/mol. The zero-order valence-electron chi connectivity index (χ0n) is 12.7. The molecule has 1 saturated carbocycles. The van der Waals surface area contributed by atoms with Crippen molar-refractivity contribution in [2.45, 2.75) is 69.9 Å². The summed E-state index contributed by atoms with van der Waals surface area (Å²) in [6.45, 7) is 2.02. The SMILES string of the molecule is Nc1nc(N2CCCCCC2)nn1C1CCCCCC1O. The Morgan fingerprint density at radius 1 is 0.952 bits per heavy atom. The third kappa shape index (κ3) is 3.31. The van der Waals surface area contributed by atoms with Crippen molar-refractivity contribution in [3.05, 3.63) is 0 Å². The molecule has 2 atom stereocenters. The lowest BCUT2D eigenvalue weighted by atomic mass is 10.1. The fraction of sp³-hybridized carbons (Fsp3) is 0.867. The number of aliphatic hydroxyl groups is 1. The number of nitrogens with two attached hydrogens (primary N) is 1. The van der Waals surface area contributed by atoms with Crippen molar-refractivity contribution < 1.29 is 5.11 Å². The number of rotatable bonds is 2. The average molecular weight is 293 g/mol. The van der Waals surface area contributed by atoms with Crippen LogP contribution in [0.4, 0.5) is 11.9 Å². The number of aromatic nitrogens is 3. The van der Waals surface area contributed by atoms with Crippen molar-refractivity contribution in [2.24, 2.45) is 0 Å². The van der Waals surface area contributed by atoms with Crippen LogP contribution in [0.1, 0.15) is 63.8 Å². The fourth-order valence-electron chi connectivity index (χ4n) is 3.53. The normalized spacial score (nSPS) is 28.1. The van der Waals surface area contributed by atoms with Gasteiger partial charge in [-0.3, -0.25) is 0 Å². The van der Waals surface area contributed by atoms with E-state index in [-0.39, 0.29) is 12.1 Å². The molecule has 1 aliphatic carbocycles. The van der Waals surface area contributed by atoms with Gasteiger partial charge in [0, 0.05) is 13.1 Å². The minimum atomic E-state index is -0.353.